The minimum Gasteiger partial charge on any atom is -0.459 e. The standard InChI is InChI=1S/C27H46O2/c1-3-5-7-9-11-13-23-15-17-24(18-16-23)25-19-21-26(22-20-25)29-27(28)14-12-10-8-6-4-2/h8,10,12,14,23-26H,3-7,9,11,13,15-22H2,1-2H3/b10-8+,14-12+. The van der Waals surface area contributed by atoms with Gasteiger partial charge in [0.05, 0.1) is 0 Å². The molecule has 0 aromatic carbocycles. The SMILES string of the molecule is CCC/C=C/C=C/C(=O)OC1CCC(C2CCC(CCCCCCC)CC2)CC1. The molecule has 0 aromatic heterocycles. The fourth-order valence-corrected chi connectivity index (χ4v) is 5.34. The number of hydrogen-bond donors (Lipinski definition) is 0. The molecule has 0 aromatic rings. The Hall–Kier alpha value is -1.05. The molecule has 0 saturated heterocycles. The van der Waals surface area contributed by atoms with Gasteiger partial charge in [0.25, 0.3) is 0 Å². The Bertz CT molecular complexity index is 477. The molecule has 0 heterocycles. The molecule has 0 unspecified atom stereocenters. The summed E-state index contributed by atoms with van der Waals surface area (Å²) in [5.74, 6) is 2.65. The average molecular weight is 403 g/mol. The van der Waals surface area contributed by atoms with Crippen molar-refractivity contribution in [3.8, 4) is 0 Å². The average Bonchev–Trinajstić information content (AvgIpc) is 2.74. The Labute approximate surface area is 180 Å². The van der Waals surface area contributed by atoms with E-state index >= 15 is 0 Å². The molecule has 0 N–H and O–H groups in total. The summed E-state index contributed by atoms with van der Waals surface area (Å²) >= 11 is 0. The van der Waals surface area contributed by atoms with E-state index in [0.29, 0.717) is 0 Å². The summed E-state index contributed by atoms with van der Waals surface area (Å²) in [6.07, 6.45) is 28.8. The molecule has 2 aliphatic rings. The highest BCUT2D eigenvalue weighted by Gasteiger charge is 2.31. The second-order valence-electron chi connectivity index (χ2n) is 9.53. The molecule has 2 nitrogen and oxygen atoms in total. The topological polar surface area (TPSA) is 26.3 Å². The summed E-state index contributed by atoms with van der Waals surface area (Å²) in [6, 6.07) is 0. The summed E-state index contributed by atoms with van der Waals surface area (Å²) in [5.41, 5.74) is 0. The van der Waals surface area contributed by atoms with Gasteiger partial charge in [-0.2, -0.15) is 0 Å². The molecule has 0 aliphatic heterocycles. The van der Waals surface area contributed by atoms with E-state index in [9.17, 15) is 4.79 Å². The van der Waals surface area contributed by atoms with Gasteiger partial charge in [0.1, 0.15) is 6.10 Å². The number of rotatable bonds is 12. The highest BCUT2D eigenvalue weighted by molar-refractivity contribution is 5.82. The maximum Gasteiger partial charge on any atom is 0.331 e. The van der Waals surface area contributed by atoms with Crippen LogP contribution < -0.4 is 0 Å². The van der Waals surface area contributed by atoms with Gasteiger partial charge < -0.3 is 4.74 Å². The van der Waals surface area contributed by atoms with Gasteiger partial charge in [-0.1, -0.05) is 89.9 Å². The Morgan fingerprint density at radius 1 is 0.793 bits per heavy atom. The second-order valence-corrected chi connectivity index (χ2v) is 9.53. The van der Waals surface area contributed by atoms with E-state index in [1.54, 1.807) is 6.08 Å². The smallest absolute Gasteiger partial charge is 0.331 e. The predicted octanol–water partition coefficient (Wildman–Crippen LogP) is 8.17. The molecule has 2 rings (SSSR count). The summed E-state index contributed by atoms with van der Waals surface area (Å²) < 4.78 is 5.66. The van der Waals surface area contributed by atoms with Crippen LogP contribution in [-0.2, 0) is 9.53 Å². The lowest BCUT2D eigenvalue weighted by molar-refractivity contribution is -0.145. The van der Waals surface area contributed by atoms with E-state index in [2.05, 4.69) is 19.9 Å². The number of unbranched alkanes of at least 4 members (excludes halogenated alkanes) is 5. The summed E-state index contributed by atoms with van der Waals surface area (Å²) in [5, 5.41) is 0. The number of hydrogen-bond acceptors (Lipinski definition) is 2. The molecular weight excluding hydrogens is 356 g/mol. The largest absolute Gasteiger partial charge is 0.459 e. The van der Waals surface area contributed by atoms with Gasteiger partial charge in [-0.15, -0.1) is 0 Å². The minimum absolute atomic E-state index is 0.141. The van der Waals surface area contributed by atoms with Crippen molar-refractivity contribution in [3.05, 3.63) is 24.3 Å². The summed E-state index contributed by atoms with van der Waals surface area (Å²) in [4.78, 5) is 12.0. The van der Waals surface area contributed by atoms with Crippen LogP contribution >= 0.6 is 0 Å². The Morgan fingerprint density at radius 2 is 1.45 bits per heavy atom. The van der Waals surface area contributed by atoms with E-state index in [4.69, 9.17) is 4.74 Å². The first-order valence-corrected chi connectivity index (χ1v) is 12.8. The van der Waals surface area contributed by atoms with E-state index in [1.165, 1.54) is 77.0 Å². The normalized spacial score (nSPS) is 28.2. The van der Waals surface area contributed by atoms with Crippen molar-refractivity contribution >= 4 is 5.97 Å². The molecule has 0 bridgehead atoms. The molecule has 2 fully saturated rings. The van der Waals surface area contributed by atoms with E-state index < -0.39 is 0 Å². The lowest BCUT2D eigenvalue weighted by Gasteiger charge is -2.37. The number of esters is 1. The van der Waals surface area contributed by atoms with Crippen molar-refractivity contribution in [2.24, 2.45) is 17.8 Å². The van der Waals surface area contributed by atoms with Crippen LogP contribution in [0.3, 0.4) is 0 Å². The number of allylic oxidation sites excluding steroid dienone is 3. The third-order valence-electron chi connectivity index (χ3n) is 7.21. The first kappa shape index (κ1) is 24.2. The van der Waals surface area contributed by atoms with Gasteiger partial charge >= 0.3 is 5.97 Å². The fraction of sp³-hybridized carbons (Fsp3) is 0.815. The number of carbonyl (C=O) groups is 1. The highest BCUT2D eigenvalue weighted by atomic mass is 16.5. The molecule has 166 valence electrons. The zero-order valence-corrected chi connectivity index (χ0v) is 19.2. The van der Waals surface area contributed by atoms with Gasteiger partial charge in [-0.05, 0) is 62.7 Å². The molecule has 0 spiro atoms. The Kier molecular flexibility index (Phi) is 12.4. The van der Waals surface area contributed by atoms with E-state index in [1.807, 2.05) is 12.2 Å². The molecule has 0 atom stereocenters. The van der Waals surface area contributed by atoms with Crippen LogP contribution in [0.15, 0.2) is 24.3 Å². The Morgan fingerprint density at radius 3 is 2.10 bits per heavy atom. The van der Waals surface area contributed by atoms with Crippen LogP contribution in [-0.4, -0.2) is 12.1 Å². The van der Waals surface area contributed by atoms with Crippen molar-refractivity contribution in [2.45, 2.75) is 123 Å². The zero-order chi connectivity index (χ0) is 20.7. The lowest BCUT2D eigenvalue weighted by atomic mass is 9.70. The second kappa shape index (κ2) is 14.9. The van der Waals surface area contributed by atoms with Crippen molar-refractivity contribution in [1.29, 1.82) is 0 Å². The molecule has 2 heteroatoms. The van der Waals surface area contributed by atoms with E-state index in [0.717, 1.165) is 43.4 Å². The Balaban J connectivity index is 1.57. The van der Waals surface area contributed by atoms with Crippen molar-refractivity contribution < 1.29 is 9.53 Å². The number of ether oxygens (including phenoxy) is 1. The summed E-state index contributed by atoms with van der Waals surface area (Å²) in [7, 11) is 0. The molecule has 0 amide bonds. The highest BCUT2D eigenvalue weighted by Crippen LogP contribution is 2.41. The first-order valence-electron chi connectivity index (χ1n) is 12.8. The third kappa shape index (κ3) is 10.0. The monoisotopic (exact) mass is 402 g/mol. The van der Waals surface area contributed by atoms with Crippen molar-refractivity contribution in [1.82, 2.24) is 0 Å². The van der Waals surface area contributed by atoms with Gasteiger partial charge in [0, 0.05) is 6.08 Å². The van der Waals surface area contributed by atoms with Crippen LogP contribution in [0.2, 0.25) is 0 Å². The lowest BCUT2D eigenvalue weighted by Crippen LogP contribution is -2.29. The van der Waals surface area contributed by atoms with Gasteiger partial charge in [-0.25, -0.2) is 4.79 Å². The predicted molar refractivity (Wildman–Crippen MR) is 124 cm³/mol. The quantitative estimate of drug-likeness (QED) is 0.142. The molecule has 2 aliphatic carbocycles. The third-order valence-corrected chi connectivity index (χ3v) is 7.21. The first-order chi connectivity index (χ1) is 14.2. The van der Waals surface area contributed by atoms with Crippen molar-refractivity contribution in [2.75, 3.05) is 0 Å². The molecule has 29 heavy (non-hydrogen) atoms. The van der Waals surface area contributed by atoms with Crippen LogP contribution in [0.1, 0.15) is 117 Å². The van der Waals surface area contributed by atoms with Crippen LogP contribution in [0.5, 0.6) is 0 Å². The molecule has 2 saturated carbocycles. The van der Waals surface area contributed by atoms with Gasteiger partial charge in [0.15, 0.2) is 0 Å². The zero-order valence-electron chi connectivity index (χ0n) is 19.2. The van der Waals surface area contributed by atoms with E-state index in [-0.39, 0.29) is 12.1 Å². The summed E-state index contributed by atoms with van der Waals surface area (Å²) in [6.45, 7) is 4.45. The maximum absolute atomic E-state index is 12.0. The molecular formula is C27H46O2. The van der Waals surface area contributed by atoms with Crippen molar-refractivity contribution in [3.63, 3.8) is 0 Å². The van der Waals surface area contributed by atoms with Crippen LogP contribution in [0.4, 0.5) is 0 Å². The maximum atomic E-state index is 12.0. The van der Waals surface area contributed by atoms with Gasteiger partial charge in [-0.3, -0.25) is 0 Å². The minimum atomic E-state index is -0.172. The molecule has 0 radical (unpaired) electrons. The van der Waals surface area contributed by atoms with Crippen LogP contribution in [0.25, 0.3) is 0 Å². The number of carbonyl (C=O) groups excluding carboxylic acids is 1. The van der Waals surface area contributed by atoms with Crippen LogP contribution in [0, 0.1) is 17.8 Å². The fourth-order valence-electron chi connectivity index (χ4n) is 5.34. The van der Waals surface area contributed by atoms with Gasteiger partial charge in [0.2, 0.25) is 0 Å².